The zero-order chi connectivity index (χ0) is 15.6. The van der Waals surface area contributed by atoms with Crippen LogP contribution in [0.2, 0.25) is 0 Å². The van der Waals surface area contributed by atoms with Crippen molar-refractivity contribution in [3.63, 3.8) is 0 Å². The lowest BCUT2D eigenvalue weighted by molar-refractivity contribution is 0.749. The molecule has 0 saturated carbocycles. The smallest absolute Gasteiger partial charge is 0.108 e. The Labute approximate surface area is 137 Å². The number of nitrogens with zero attached hydrogens (tertiary/aromatic N) is 1. The molecule has 2 nitrogen and oxygen atoms in total. The molecule has 2 aliphatic rings. The number of rotatable bonds is 2. The van der Waals surface area contributed by atoms with Crippen molar-refractivity contribution in [3.05, 3.63) is 83.4 Å². The lowest BCUT2D eigenvalue weighted by Gasteiger charge is -2.20. The summed E-state index contributed by atoms with van der Waals surface area (Å²) in [5.41, 5.74) is 7.33. The number of aliphatic imine (C=N–C) groups is 1. The minimum Gasteiger partial charge on any atom is -0.366 e. The first kappa shape index (κ1) is 14.0. The third kappa shape index (κ3) is 2.72. The van der Waals surface area contributed by atoms with Crippen molar-refractivity contribution in [2.75, 3.05) is 12.0 Å². The Morgan fingerprint density at radius 2 is 1.91 bits per heavy atom. The van der Waals surface area contributed by atoms with Crippen LogP contribution in [0.4, 0.5) is 5.69 Å². The molecule has 0 spiro atoms. The second-order valence-electron chi connectivity index (χ2n) is 6.23. The van der Waals surface area contributed by atoms with Gasteiger partial charge in [0.15, 0.2) is 0 Å². The largest absolute Gasteiger partial charge is 0.366 e. The zero-order valence-corrected chi connectivity index (χ0v) is 13.3. The number of hydrogen-bond acceptors (Lipinski definition) is 2. The van der Waals surface area contributed by atoms with Crippen LogP contribution >= 0.6 is 0 Å². The first-order valence-electron chi connectivity index (χ1n) is 8.17. The molecule has 1 atom stereocenters. The maximum Gasteiger partial charge on any atom is 0.108 e. The number of hydrogen-bond donors (Lipinski definition) is 1. The quantitative estimate of drug-likeness (QED) is 0.839. The van der Waals surface area contributed by atoms with Crippen LogP contribution in [0.1, 0.15) is 30.0 Å². The van der Waals surface area contributed by atoms with E-state index in [0.29, 0.717) is 12.6 Å². The van der Waals surface area contributed by atoms with Crippen molar-refractivity contribution in [3.8, 4) is 0 Å². The second kappa shape index (κ2) is 5.88. The molecular weight excluding hydrogens is 280 g/mol. The average Bonchev–Trinajstić information content (AvgIpc) is 2.61. The maximum absolute atomic E-state index is 4.71. The molecule has 0 bridgehead atoms. The predicted molar refractivity (Wildman–Crippen MR) is 97.9 cm³/mol. The van der Waals surface area contributed by atoms with Crippen LogP contribution in [0.25, 0.3) is 5.57 Å². The van der Waals surface area contributed by atoms with Gasteiger partial charge < -0.3 is 5.32 Å². The Bertz CT molecular complexity index is 827. The molecule has 23 heavy (non-hydrogen) atoms. The highest BCUT2D eigenvalue weighted by Crippen LogP contribution is 2.29. The first-order valence-corrected chi connectivity index (χ1v) is 8.17. The van der Waals surface area contributed by atoms with Crippen molar-refractivity contribution >= 4 is 17.0 Å². The van der Waals surface area contributed by atoms with Crippen molar-refractivity contribution < 1.29 is 0 Å². The number of anilines is 1. The number of allylic oxidation sites excluding steroid dienone is 4. The Balaban J connectivity index is 1.74. The predicted octanol–water partition coefficient (Wildman–Crippen LogP) is 4.89. The molecule has 1 heterocycles. The van der Waals surface area contributed by atoms with Crippen LogP contribution in [0.15, 0.2) is 71.8 Å². The summed E-state index contributed by atoms with van der Waals surface area (Å²) in [6.45, 7) is 2.90. The Morgan fingerprint density at radius 3 is 2.83 bits per heavy atom. The molecule has 0 saturated heterocycles. The van der Waals surface area contributed by atoms with E-state index in [1.165, 1.54) is 22.3 Å². The highest BCUT2D eigenvalue weighted by Gasteiger charge is 2.16. The van der Waals surface area contributed by atoms with Gasteiger partial charge >= 0.3 is 0 Å². The number of para-hydroxylation sites is 1. The molecule has 1 unspecified atom stereocenters. The molecule has 4 rings (SSSR count). The molecule has 1 aliphatic heterocycles. The van der Waals surface area contributed by atoms with E-state index in [9.17, 15) is 0 Å². The van der Waals surface area contributed by atoms with Gasteiger partial charge in [-0.05, 0) is 35.6 Å². The topological polar surface area (TPSA) is 24.4 Å². The van der Waals surface area contributed by atoms with Crippen LogP contribution in [0.3, 0.4) is 0 Å². The molecule has 2 aromatic carbocycles. The molecule has 0 fully saturated rings. The summed E-state index contributed by atoms with van der Waals surface area (Å²) in [6.07, 6.45) is 7.77. The van der Waals surface area contributed by atoms with Crippen molar-refractivity contribution in [2.45, 2.75) is 13.3 Å². The summed E-state index contributed by atoms with van der Waals surface area (Å²) in [5.74, 6) is 0.607. The van der Waals surface area contributed by atoms with Crippen LogP contribution in [-0.2, 0) is 0 Å². The number of benzene rings is 2. The van der Waals surface area contributed by atoms with Gasteiger partial charge in [-0.2, -0.15) is 0 Å². The van der Waals surface area contributed by atoms with Gasteiger partial charge in [-0.3, -0.25) is 4.99 Å². The van der Waals surface area contributed by atoms with Crippen molar-refractivity contribution in [1.82, 2.24) is 0 Å². The molecule has 114 valence electrons. The minimum atomic E-state index is 0.607. The van der Waals surface area contributed by atoms with Gasteiger partial charge in [0, 0.05) is 16.8 Å². The molecule has 2 heteroatoms. The van der Waals surface area contributed by atoms with E-state index in [2.05, 4.69) is 79.0 Å². The normalized spacial score (nSPS) is 19.4. The van der Waals surface area contributed by atoms with Gasteiger partial charge in [0.25, 0.3) is 0 Å². The zero-order valence-electron chi connectivity index (χ0n) is 13.3. The molecule has 0 radical (unpaired) electrons. The molecule has 1 N–H and O–H groups in total. The monoisotopic (exact) mass is 300 g/mol. The summed E-state index contributed by atoms with van der Waals surface area (Å²) in [7, 11) is 0. The van der Waals surface area contributed by atoms with E-state index >= 15 is 0 Å². The molecule has 0 aromatic heterocycles. The molecule has 2 aromatic rings. The summed E-state index contributed by atoms with van der Waals surface area (Å²) in [4.78, 5) is 4.71. The highest BCUT2D eigenvalue weighted by atomic mass is 15.0. The number of fused-ring (bicyclic) bond motifs is 1. The van der Waals surface area contributed by atoms with Crippen LogP contribution in [0, 0.1) is 5.92 Å². The Morgan fingerprint density at radius 1 is 1.04 bits per heavy atom. The van der Waals surface area contributed by atoms with Crippen LogP contribution in [0.5, 0.6) is 0 Å². The van der Waals surface area contributed by atoms with Gasteiger partial charge in [0.05, 0.1) is 5.71 Å². The lowest BCUT2D eigenvalue weighted by atomic mass is 9.89. The molecule has 0 amide bonds. The first-order chi connectivity index (χ1) is 11.3. The molecular formula is C21H20N2. The van der Waals surface area contributed by atoms with E-state index in [1.54, 1.807) is 0 Å². The third-order valence-electron chi connectivity index (χ3n) is 4.47. The maximum atomic E-state index is 4.71. The van der Waals surface area contributed by atoms with Crippen molar-refractivity contribution in [1.29, 1.82) is 0 Å². The van der Waals surface area contributed by atoms with E-state index in [4.69, 9.17) is 4.99 Å². The molecule has 1 aliphatic carbocycles. The van der Waals surface area contributed by atoms with E-state index < -0.39 is 0 Å². The second-order valence-corrected chi connectivity index (χ2v) is 6.23. The van der Waals surface area contributed by atoms with Gasteiger partial charge in [-0.1, -0.05) is 61.5 Å². The van der Waals surface area contributed by atoms with Crippen molar-refractivity contribution in [2.24, 2.45) is 10.9 Å². The summed E-state index contributed by atoms with van der Waals surface area (Å²) < 4.78 is 0. The van der Waals surface area contributed by atoms with Crippen LogP contribution < -0.4 is 5.32 Å². The van der Waals surface area contributed by atoms with Gasteiger partial charge in [0.1, 0.15) is 6.67 Å². The lowest BCUT2D eigenvalue weighted by Crippen LogP contribution is -2.16. The Hall–Kier alpha value is -2.61. The summed E-state index contributed by atoms with van der Waals surface area (Å²) >= 11 is 0. The fraction of sp³-hybridized carbons (Fsp3) is 0.190. The van der Waals surface area contributed by atoms with Gasteiger partial charge in [0.2, 0.25) is 0 Å². The standard InChI is InChI=1S/C21H20N2/c1-15-6-4-7-16(12-15)17-8-5-9-18(13-17)21-19-10-2-3-11-20(19)22-14-23-21/h2-11,13,15,22H,12,14H2,1H3. The SMILES string of the molecule is CC1C=CC=C(c2cccc(C3=NCNc4ccccc43)c2)C1. The Kier molecular flexibility index (Phi) is 3.58. The summed E-state index contributed by atoms with van der Waals surface area (Å²) in [5, 5.41) is 3.34. The van der Waals surface area contributed by atoms with E-state index in [1.807, 2.05) is 0 Å². The fourth-order valence-electron chi connectivity index (χ4n) is 3.30. The van der Waals surface area contributed by atoms with Crippen LogP contribution in [-0.4, -0.2) is 12.4 Å². The van der Waals surface area contributed by atoms with E-state index in [0.717, 1.165) is 17.8 Å². The average molecular weight is 300 g/mol. The summed E-state index contributed by atoms with van der Waals surface area (Å²) in [6, 6.07) is 17.2. The number of nitrogens with one attached hydrogen (secondary N) is 1. The van der Waals surface area contributed by atoms with E-state index in [-0.39, 0.29) is 0 Å². The third-order valence-corrected chi connectivity index (χ3v) is 4.47. The fourth-order valence-corrected chi connectivity index (χ4v) is 3.30. The van der Waals surface area contributed by atoms with Gasteiger partial charge in [-0.15, -0.1) is 0 Å². The van der Waals surface area contributed by atoms with Gasteiger partial charge in [-0.25, -0.2) is 0 Å². The minimum absolute atomic E-state index is 0.607. The highest BCUT2D eigenvalue weighted by molar-refractivity contribution is 6.17.